The summed E-state index contributed by atoms with van der Waals surface area (Å²) in [6.45, 7) is 0.237. The molecule has 0 aliphatic heterocycles. The highest BCUT2D eigenvalue weighted by Crippen LogP contribution is 2.26. The molecule has 4 nitrogen and oxygen atoms in total. The molecule has 1 atom stereocenters. The minimum absolute atomic E-state index is 0.0723. The van der Waals surface area contributed by atoms with Crippen LogP contribution in [0.3, 0.4) is 0 Å². The number of nitrogens with zero attached hydrogens (tertiary/aromatic N) is 1. The molecule has 0 saturated heterocycles. The number of nitrogens with one attached hydrogen (secondary N) is 1. The summed E-state index contributed by atoms with van der Waals surface area (Å²) in [5.74, 6) is 0.442. The van der Waals surface area contributed by atoms with Crippen LogP contribution in [0.25, 0.3) is 0 Å². The van der Waals surface area contributed by atoms with Crippen molar-refractivity contribution in [3.05, 3.63) is 100 Å². The molecule has 1 fully saturated rings. The third-order valence-electron chi connectivity index (χ3n) is 6.66. The number of hydrogen-bond acceptors (Lipinski definition) is 3. The van der Waals surface area contributed by atoms with Gasteiger partial charge in [-0.1, -0.05) is 90.6 Å². The standard InChI is InChI=1S/C30H32Cl2N2O2S/c31-24-16-15-23(27(32)20-24)21-34(29(35)17-18-37-26-13-5-2-6-14-26)28(19-22-9-3-1-4-10-22)30(36)33-25-11-7-8-12-25/h1-6,9-10,13-16,20,25,28H,7-8,11-12,17-19,21H2,(H,33,36)/t28-/m1/s1. The van der Waals surface area contributed by atoms with Gasteiger partial charge >= 0.3 is 0 Å². The molecule has 37 heavy (non-hydrogen) atoms. The van der Waals surface area contributed by atoms with E-state index < -0.39 is 6.04 Å². The Morgan fingerprint density at radius 1 is 0.946 bits per heavy atom. The molecule has 0 bridgehead atoms. The van der Waals surface area contributed by atoms with Crippen LogP contribution in [0.4, 0.5) is 0 Å². The Labute approximate surface area is 233 Å². The predicted octanol–water partition coefficient (Wildman–Crippen LogP) is 7.17. The van der Waals surface area contributed by atoms with Crippen molar-refractivity contribution in [1.29, 1.82) is 0 Å². The summed E-state index contributed by atoms with van der Waals surface area (Å²) in [6.07, 6.45) is 4.94. The summed E-state index contributed by atoms with van der Waals surface area (Å²) in [7, 11) is 0. The molecule has 1 saturated carbocycles. The molecule has 0 aromatic heterocycles. The molecule has 3 aromatic carbocycles. The maximum absolute atomic E-state index is 13.8. The average molecular weight is 556 g/mol. The van der Waals surface area contributed by atoms with Gasteiger partial charge in [-0.05, 0) is 48.2 Å². The molecule has 0 spiro atoms. The zero-order valence-corrected chi connectivity index (χ0v) is 23.1. The van der Waals surface area contributed by atoms with E-state index >= 15 is 0 Å². The van der Waals surface area contributed by atoms with E-state index in [9.17, 15) is 9.59 Å². The molecule has 3 aromatic rings. The van der Waals surface area contributed by atoms with Gasteiger partial charge < -0.3 is 10.2 Å². The van der Waals surface area contributed by atoms with Crippen LogP contribution in [-0.2, 0) is 22.6 Å². The molecule has 7 heteroatoms. The molecule has 1 aliphatic carbocycles. The van der Waals surface area contributed by atoms with Crippen LogP contribution in [0.15, 0.2) is 83.8 Å². The van der Waals surface area contributed by atoms with E-state index in [1.54, 1.807) is 28.8 Å². The fourth-order valence-corrected chi connectivity index (χ4v) is 6.00. The van der Waals surface area contributed by atoms with Gasteiger partial charge in [0.05, 0.1) is 0 Å². The van der Waals surface area contributed by atoms with Crippen LogP contribution in [0.5, 0.6) is 0 Å². The number of halogens is 2. The first kappa shape index (κ1) is 27.6. The number of carbonyl (C=O) groups excluding carboxylic acids is 2. The van der Waals surface area contributed by atoms with E-state index in [1.165, 1.54) is 0 Å². The van der Waals surface area contributed by atoms with Crippen LogP contribution in [-0.4, -0.2) is 34.6 Å². The third kappa shape index (κ3) is 8.26. The first-order chi connectivity index (χ1) is 18.0. The van der Waals surface area contributed by atoms with Crippen LogP contribution in [0.2, 0.25) is 10.0 Å². The highest BCUT2D eigenvalue weighted by Gasteiger charge is 2.32. The maximum Gasteiger partial charge on any atom is 0.243 e. The van der Waals surface area contributed by atoms with Gasteiger partial charge in [0.2, 0.25) is 11.8 Å². The lowest BCUT2D eigenvalue weighted by Gasteiger charge is -2.32. The monoisotopic (exact) mass is 554 g/mol. The van der Waals surface area contributed by atoms with Crippen molar-refractivity contribution < 1.29 is 9.59 Å². The van der Waals surface area contributed by atoms with Gasteiger partial charge in [0, 0.05) is 46.1 Å². The summed E-state index contributed by atoms with van der Waals surface area (Å²) >= 11 is 14.3. The lowest BCUT2D eigenvalue weighted by Crippen LogP contribution is -2.52. The Hall–Kier alpha value is -2.47. The number of carbonyl (C=O) groups is 2. The van der Waals surface area contributed by atoms with E-state index in [2.05, 4.69) is 5.32 Å². The Balaban J connectivity index is 1.59. The van der Waals surface area contributed by atoms with E-state index in [4.69, 9.17) is 23.2 Å². The third-order valence-corrected chi connectivity index (χ3v) is 8.26. The molecule has 0 heterocycles. The van der Waals surface area contributed by atoms with Gasteiger partial charge in [0.25, 0.3) is 0 Å². The predicted molar refractivity (Wildman–Crippen MR) is 153 cm³/mol. The zero-order valence-electron chi connectivity index (χ0n) is 20.7. The first-order valence-electron chi connectivity index (χ1n) is 12.7. The molecule has 1 N–H and O–H groups in total. The molecule has 2 amide bonds. The van der Waals surface area contributed by atoms with Crippen molar-refractivity contribution in [3.63, 3.8) is 0 Å². The number of amides is 2. The van der Waals surface area contributed by atoms with Crippen molar-refractivity contribution in [3.8, 4) is 0 Å². The second-order valence-corrected chi connectivity index (χ2v) is 11.4. The average Bonchev–Trinajstić information content (AvgIpc) is 3.41. The lowest BCUT2D eigenvalue weighted by atomic mass is 10.0. The zero-order chi connectivity index (χ0) is 26.0. The van der Waals surface area contributed by atoms with Gasteiger partial charge in [0.15, 0.2) is 0 Å². The van der Waals surface area contributed by atoms with Gasteiger partial charge in [-0.25, -0.2) is 0 Å². The normalized spacial score (nSPS) is 14.3. The maximum atomic E-state index is 13.8. The first-order valence-corrected chi connectivity index (χ1v) is 14.5. The van der Waals surface area contributed by atoms with Crippen molar-refractivity contribution >= 4 is 46.8 Å². The van der Waals surface area contributed by atoms with Crippen molar-refractivity contribution in [2.75, 3.05) is 5.75 Å². The summed E-state index contributed by atoms with van der Waals surface area (Å²) in [5, 5.41) is 4.25. The number of hydrogen-bond donors (Lipinski definition) is 1. The Kier molecular flexibility index (Phi) is 10.4. The second kappa shape index (κ2) is 13.9. The van der Waals surface area contributed by atoms with Gasteiger partial charge in [-0.3, -0.25) is 9.59 Å². The summed E-state index contributed by atoms with van der Waals surface area (Å²) in [4.78, 5) is 30.3. The quantitative estimate of drug-likeness (QED) is 0.255. The molecular weight excluding hydrogens is 523 g/mol. The van der Waals surface area contributed by atoms with Crippen LogP contribution in [0, 0.1) is 0 Å². The van der Waals surface area contributed by atoms with E-state index in [-0.39, 0.29) is 24.4 Å². The van der Waals surface area contributed by atoms with Crippen molar-refractivity contribution in [1.82, 2.24) is 10.2 Å². The van der Waals surface area contributed by atoms with E-state index in [1.807, 2.05) is 66.7 Å². The van der Waals surface area contributed by atoms with Crippen molar-refractivity contribution in [2.24, 2.45) is 0 Å². The highest BCUT2D eigenvalue weighted by molar-refractivity contribution is 7.99. The number of thioether (sulfide) groups is 1. The molecule has 0 radical (unpaired) electrons. The van der Waals surface area contributed by atoms with E-state index in [0.717, 1.165) is 41.7 Å². The lowest BCUT2D eigenvalue weighted by molar-refractivity contribution is -0.141. The Morgan fingerprint density at radius 3 is 2.30 bits per heavy atom. The SMILES string of the molecule is O=C(NC1CCCC1)[C@@H](Cc1ccccc1)N(Cc1ccc(Cl)cc1Cl)C(=O)CCSc1ccccc1. The Morgan fingerprint density at radius 2 is 1.62 bits per heavy atom. The smallest absolute Gasteiger partial charge is 0.243 e. The summed E-state index contributed by atoms with van der Waals surface area (Å²) in [5.41, 5.74) is 1.77. The van der Waals surface area contributed by atoms with E-state index in [0.29, 0.717) is 28.6 Å². The van der Waals surface area contributed by atoms with Crippen LogP contribution in [0.1, 0.15) is 43.2 Å². The van der Waals surface area contributed by atoms with Crippen LogP contribution >= 0.6 is 35.0 Å². The second-order valence-electron chi connectivity index (χ2n) is 9.36. The number of benzene rings is 3. The van der Waals surface area contributed by atoms with Crippen molar-refractivity contribution in [2.45, 2.75) is 62.0 Å². The minimum atomic E-state index is -0.649. The van der Waals surface area contributed by atoms with Gasteiger partial charge in [0.1, 0.15) is 6.04 Å². The fourth-order valence-electron chi connectivity index (χ4n) is 4.67. The molecule has 0 unspecified atom stereocenters. The highest BCUT2D eigenvalue weighted by atomic mass is 35.5. The van der Waals surface area contributed by atoms with Gasteiger partial charge in [-0.15, -0.1) is 11.8 Å². The largest absolute Gasteiger partial charge is 0.352 e. The molecular formula is C30H32Cl2N2O2S. The molecule has 4 rings (SSSR count). The topological polar surface area (TPSA) is 49.4 Å². The fraction of sp³-hybridized carbons (Fsp3) is 0.333. The minimum Gasteiger partial charge on any atom is -0.352 e. The molecule has 1 aliphatic rings. The van der Waals surface area contributed by atoms with Crippen LogP contribution < -0.4 is 5.32 Å². The number of rotatable bonds is 11. The summed E-state index contributed by atoms with van der Waals surface area (Å²) in [6, 6.07) is 24.7. The Bertz CT molecular complexity index is 1170. The summed E-state index contributed by atoms with van der Waals surface area (Å²) < 4.78 is 0. The van der Waals surface area contributed by atoms with Gasteiger partial charge in [-0.2, -0.15) is 0 Å². The molecule has 194 valence electrons.